The lowest BCUT2D eigenvalue weighted by molar-refractivity contribution is -0.123. The molecule has 3 rings (SSSR count). The Morgan fingerprint density at radius 1 is 0.872 bits per heavy atom. The van der Waals surface area contributed by atoms with Crippen molar-refractivity contribution in [1.29, 1.82) is 0 Å². The third-order valence-electron chi connectivity index (χ3n) is 6.23. The predicted molar refractivity (Wildman–Crippen MR) is 147 cm³/mol. The molecule has 0 radical (unpaired) electrons. The molecule has 0 saturated carbocycles. The zero-order chi connectivity index (χ0) is 28.5. The summed E-state index contributed by atoms with van der Waals surface area (Å²) in [7, 11) is 1.37. The van der Waals surface area contributed by atoms with E-state index < -0.39 is 18.1 Å². The van der Waals surface area contributed by atoms with Gasteiger partial charge in [-0.1, -0.05) is 59.7 Å². The molecule has 0 aliphatic heterocycles. The van der Waals surface area contributed by atoms with Gasteiger partial charge in [0.05, 0.1) is 13.7 Å². The van der Waals surface area contributed by atoms with Crippen molar-refractivity contribution in [3.8, 4) is 11.5 Å². The van der Waals surface area contributed by atoms with Crippen LogP contribution >= 0.6 is 0 Å². The van der Waals surface area contributed by atoms with E-state index in [1.54, 1.807) is 13.8 Å². The third kappa shape index (κ3) is 7.56. The van der Waals surface area contributed by atoms with Gasteiger partial charge in [-0.2, -0.15) is 0 Å². The fourth-order valence-electron chi connectivity index (χ4n) is 4.16. The van der Waals surface area contributed by atoms with E-state index in [1.807, 2.05) is 45.0 Å². The number of carbonyl (C=O) groups is 3. The number of rotatable bonds is 10. The maximum absolute atomic E-state index is 13.2. The lowest BCUT2D eigenvalue weighted by atomic mass is 9.85. The number of amides is 2. The van der Waals surface area contributed by atoms with E-state index in [-0.39, 0.29) is 41.7 Å². The summed E-state index contributed by atoms with van der Waals surface area (Å²) in [5, 5.41) is 5.68. The normalized spacial score (nSPS) is 12.3. The van der Waals surface area contributed by atoms with Crippen molar-refractivity contribution < 1.29 is 28.6 Å². The Morgan fingerprint density at radius 2 is 1.44 bits per heavy atom. The molecule has 2 aromatic carbocycles. The minimum absolute atomic E-state index is 0.0878. The Kier molecular flexibility index (Phi) is 10.0. The number of hydrogen-bond donors (Lipinski definition) is 2. The summed E-state index contributed by atoms with van der Waals surface area (Å²) in [6.07, 6.45) is 0.336. The molecule has 39 heavy (non-hydrogen) atoms. The second kappa shape index (κ2) is 13.4. The Hall–Kier alpha value is -4.40. The summed E-state index contributed by atoms with van der Waals surface area (Å²) in [5.74, 6) is -1.28. The molecule has 2 atom stereocenters. The van der Waals surface area contributed by atoms with Gasteiger partial charge in [-0.05, 0) is 45.7 Å². The van der Waals surface area contributed by atoms with Crippen LogP contribution in [0.3, 0.4) is 0 Å². The number of carbonyl (C=O) groups excluding carboxylic acids is 3. The molecule has 1 aromatic heterocycles. The van der Waals surface area contributed by atoms with Crippen LogP contribution in [0.5, 0.6) is 11.5 Å². The molecule has 3 aromatic rings. The monoisotopic (exact) mass is 533 g/mol. The first-order valence-corrected chi connectivity index (χ1v) is 12.8. The summed E-state index contributed by atoms with van der Waals surface area (Å²) >= 11 is 0. The number of aryl methyl sites for hydroxylation is 2. The SMILES string of the molecule is CCOC(=O)Oc1c(OC)ccnc1C(=O)N[C@@H](C)C(=O)N[C@@H](C)C(c1ccc(C)cc1)c1ccc(C)cc1. The molecule has 0 spiro atoms. The lowest BCUT2D eigenvalue weighted by Gasteiger charge is -2.27. The van der Waals surface area contributed by atoms with Crippen LogP contribution in [0.15, 0.2) is 60.8 Å². The van der Waals surface area contributed by atoms with E-state index in [9.17, 15) is 14.4 Å². The Bertz CT molecular complexity index is 1250. The number of nitrogens with zero attached hydrogens (tertiary/aromatic N) is 1. The zero-order valence-corrected chi connectivity index (χ0v) is 23.1. The van der Waals surface area contributed by atoms with E-state index in [2.05, 4.69) is 39.9 Å². The largest absolute Gasteiger partial charge is 0.514 e. The van der Waals surface area contributed by atoms with Crippen LogP contribution in [0.25, 0.3) is 0 Å². The van der Waals surface area contributed by atoms with Crippen molar-refractivity contribution in [3.63, 3.8) is 0 Å². The summed E-state index contributed by atoms with van der Waals surface area (Å²) in [6, 6.07) is 16.7. The second-order valence-electron chi connectivity index (χ2n) is 9.27. The molecule has 206 valence electrons. The first-order chi connectivity index (χ1) is 18.6. The van der Waals surface area contributed by atoms with E-state index in [0.29, 0.717) is 0 Å². The Labute approximate surface area is 228 Å². The van der Waals surface area contributed by atoms with Crippen LogP contribution in [0, 0.1) is 13.8 Å². The van der Waals surface area contributed by atoms with Gasteiger partial charge in [0.2, 0.25) is 11.7 Å². The smallest absolute Gasteiger partial charge is 0.493 e. The molecule has 0 aliphatic rings. The van der Waals surface area contributed by atoms with Gasteiger partial charge in [-0.15, -0.1) is 0 Å². The summed E-state index contributed by atoms with van der Waals surface area (Å²) in [5.41, 5.74) is 4.21. The van der Waals surface area contributed by atoms with E-state index in [1.165, 1.54) is 19.4 Å². The van der Waals surface area contributed by atoms with Crippen molar-refractivity contribution in [1.82, 2.24) is 15.6 Å². The van der Waals surface area contributed by atoms with Crippen molar-refractivity contribution in [2.75, 3.05) is 13.7 Å². The zero-order valence-electron chi connectivity index (χ0n) is 23.1. The number of aromatic nitrogens is 1. The molecule has 0 unspecified atom stereocenters. The van der Waals surface area contributed by atoms with Crippen molar-refractivity contribution in [2.45, 2.75) is 52.6 Å². The van der Waals surface area contributed by atoms with Crippen LogP contribution in [0.2, 0.25) is 0 Å². The van der Waals surface area contributed by atoms with Crippen LogP contribution in [-0.4, -0.2) is 48.8 Å². The highest BCUT2D eigenvalue weighted by molar-refractivity contribution is 5.99. The highest BCUT2D eigenvalue weighted by Crippen LogP contribution is 2.31. The third-order valence-corrected chi connectivity index (χ3v) is 6.23. The van der Waals surface area contributed by atoms with Gasteiger partial charge in [0.15, 0.2) is 11.4 Å². The predicted octanol–water partition coefficient (Wildman–Crippen LogP) is 4.70. The summed E-state index contributed by atoms with van der Waals surface area (Å²) in [6.45, 7) is 9.27. The highest BCUT2D eigenvalue weighted by atomic mass is 16.7. The number of ether oxygens (including phenoxy) is 3. The number of benzene rings is 2. The van der Waals surface area contributed by atoms with E-state index in [0.717, 1.165) is 22.3 Å². The first-order valence-electron chi connectivity index (χ1n) is 12.8. The van der Waals surface area contributed by atoms with Gasteiger partial charge in [-0.25, -0.2) is 9.78 Å². The molecule has 0 saturated heterocycles. The van der Waals surface area contributed by atoms with Crippen molar-refractivity contribution in [2.24, 2.45) is 0 Å². The fraction of sp³-hybridized carbons (Fsp3) is 0.333. The highest BCUT2D eigenvalue weighted by Gasteiger charge is 2.28. The molecule has 2 N–H and O–H groups in total. The quantitative estimate of drug-likeness (QED) is 0.363. The molecule has 1 heterocycles. The maximum Gasteiger partial charge on any atom is 0.514 e. The van der Waals surface area contributed by atoms with Crippen molar-refractivity contribution >= 4 is 18.0 Å². The number of hydrogen-bond acceptors (Lipinski definition) is 7. The maximum atomic E-state index is 13.2. The lowest BCUT2D eigenvalue weighted by Crippen LogP contribution is -2.49. The second-order valence-corrected chi connectivity index (χ2v) is 9.27. The number of pyridine rings is 1. The van der Waals surface area contributed by atoms with Crippen molar-refractivity contribution in [3.05, 3.63) is 88.7 Å². The van der Waals surface area contributed by atoms with Crippen LogP contribution in [0.1, 0.15) is 59.4 Å². The van der Waals surface area contributed by atoms with Gasteiger partial charge in [-0.3, -0.25) is 9.59 Å². The Morgan fingerprint density at radius 3 is 1.95 bits per heavy atom. The van der Waals surface area contributed by atoms with Crippen LogP contribution in [0.4, 0.5) is 4.79 Å². The Balaban J connectivity index is 1.77. The minimum Gasteiger partial charge on any atom is -0.493 e. The van der Waals surface area contributed by atoms with Gasteiger partial charge >= 0.3 is 6.16 Å². The molecule has 0 bridgehead atoms. The molecular formula is C30H35N3O6. The van der Waals surface area contributed by atoms with Gasteiger partial charge in [0.1, 0.15) is 6.04 Å². The molecule has 2 amide bonds. The first kappa shape index (κ1) is 29.2. The molecule has 0 fully saturated rings. The van der Waals surface area contributed by atoms with E-state index >= 15 is 0 Å². The van der Waals surface area contributed by atoms with Crippen LogP contribution in [-0.2, 0) is 9.53 Å². The van der Waals surface area contributed by atoms with Gasteiger partial charge < -0.3 is 24.8 Å². The topological polar surface area (TPSA) is 116 Å². The number of nitrogens with one attached hydrogen (secondary N) is 2. The van der Waals surface area contributed by atoms with E-state index in [4.69, 9.17) is 14.2 Å². The summed E-state index contributed by atoms with van der Waals surface area (Å²) in [4.78, 5) is 42.2. The number of methoxy groups -OCH3 is 1. The molecular weight excluding hydrogens is 498 g/mol. The van der Waals surface area contributed by atoms with Gasteiger partial charge in [0, 0.05) is 24.2 Å². The average molecular weight is 534 g/mol. The van der Waals surface area contributed by atoms with Crippen LogP contribution < -0.4 is 20.1 Å². The minimum atomic E-state index is -1.00. The summed E-state index contributed by atoms with van der Waals surface area (Å²) < 4.78 is 15.2. The standard InChI is InChI=1S/C30H35N3O6/c1-7-38-30(36)39-27-24(37-6)16-17-31-26(27)29(35)33-21(5)28(34)32-20(4)25(22-12-8-18(2)9-13-22)23-14-10-19(3)11-15-23/h8-17,20-21,25H,7H2,1-6H3,(H,32,34)(H,33,35)/t20-,21-/m0/s1. The molecule has 9 nitrogen and oxygen atoms in total. The fourth-order valence-corrected chi connectivity index (χ4v) is 4.16. The molecule has 9 heteroatoms. The average Bonchev–Trinajstić information content (AvgIpc) is 2.91. The molecule has 0 aliphatic carbocycles. The van der Waals surface area contributed by atoms with Gasteiger partial charge in [0.25, 0.3) is 5.91 Å².